The molecule has 186 valence electrons. The monoisotopic (exact) mass is 486 g/mol. The Labute approximate surface area is 210 Å². The van der Waals surface area contributed by atoms with Crippen LogP contribution in [0.5, 0.6) is 17.2 Å². The summed E-state index contributed by atoms with van der Waals surface area (Å²) >= 11 is 0. The highest BCUT2D eigenvalue weighted by atomic mass is 16.5. The van der Waals surface area contributed by atoms with Gasteiger partial charge in [0.1, 0.15) is 6.04 Å². The summed E-state index contributed by atoms with van der Waals surface area (Å²) in [7, 11) is 6.25. The van der Waals surface area contributed by atoms with Gasteiger partial charge in [0.05, 0.1) is 34.5 Å². The molecule has 0 saturated carbocycles. The minimum absolute atomic E-state index is 0.265. The Kier molecular flexibility index (Phi) is 6.57. The summed E-state index contributed by atoms with van der Waals surface area (Å²) in [5, 5.41) is 1.11. The lowest BCUT2D eigenvalue weighted by molar-refractivity contribution is -0.148. The third-order valence-electron chi connectivity index (χ3n) is 6.93. The molecular formula is C29H30N2O5. The number of rotatable bonds is 7. The number of H-pyrrole nitrogens is 1. The molecule has 4 aromatic rings. The average Bonchev–Trinajstić information content (AvgIpc) is 3.30. The predicted octanol–water partition coefficient (Wildman–Crippen LogP) is 4.88. The molecule has 1 N–H and O–H groups in total. The molecule has 0 spiro atoms. The smallest absolute Gasteiger partial charge is 0.323 e. The molecule has 1 aromatic heterocycles. The van der Waals surface area contributed by atoms with Gasteiger partial charge >= 0.3 is 5.97 Å². The fourth-order valence-corrected chi connectivity index (χ4v) is 5.30. The van der Waals surface area contributed by atoms with Crippen molar-refractivity contribution >= 4 is 16.9 Å². The van der Waals surface area contributed by atoms with Crippen LogP contribution in [0.3, 0.4) is 0 Å². The summed E-state index contributed by atoms with van der Waals surface area (Å²) in [5.74, 6) is 1.38. The van der Waals surface area contributed by atoms with Gasteiger partial charge < -0.3 is 23.9 Å². The van der Waals surface area contributed by atoms with E-state index in [4.69, 9.17) is 18.9 Å². The molecule has 3 aromatic carbocycles. The van der Waals surface area contributed by atoms with Crippen LogP contribution in [-0.4, -0.2) is 50.3 Å². The number of methoxy groups -OCH3 is 4. The topological polar surface area (TPSA) is 73.0 Å². The maximum atomic E-state index is 13.2. The number of fused-ring (bicyclic) bond motifs is 3. The van der Waals surface area contributed by atoms with Crippen LogP contribution in [0.4, 0.5) is 0 Å². The van der Waals surface area contributed by atoms with Gasteiger partial charge in [-0.25, -0.2) is 0 Å². The van der Waals surface area contributed by atoms with Crippen molar-refractivity contribution in [2.45, 2.75) is 25.0 Å². The van der Waals surface area contributed by atoms with Crippen molar-refractivity contribution in [3.63, 3.8) is 0 Å². The summed E-state index contributed by atoms with van der Waals surface area (Å²) in [6.07, 6.45) is 0.541. The van der Waals surface area contributed by atoms with Crippen molar-refractivity contribution in [2.24, 2.45) is 0 Å². The number of para-hydroxylation sites is 1. The number of aromatic amines is 1. The molecule has 2 heterocycles. The predicted molar refractivity (Wildman–Crippen MR) is 138 cm³/mol. The lowest BCUT2D eigenvalue weighted by atomic mass is 9.87. The number of hydrogen-bond donors (Lipinski definition) is 1. The SMILES string of the molecule is COC(=O)[C@@H]1Cc2c([nH]c3ccccc23)[C@@H](c2cc(OC)c(OC)c(OC)c2)N1Cc1ccccc1. The standard InChI is InChI=1S/C29H30N2O5/c1-33-24-14-19(15-25(34-2)28(24)35-3)27-26-21(20-12-8-9-13-22(20)30-26)16-23(29(32)36-4)31(27)17-18-10-6-5-7-11-18/h5-15,23,27,30H,16-17H2,1-4H3/t23-,27+/m0/s1. The van der Waals surface area contributed by atoms with Gasteiger partial charge in [0.15, 0.2) is 11.5 Å². The van der Waals surface area contributed by atoms with Crippen LogP contribution in [0.2, 0.25) is 0 Å². The van der Waals surface area contributed by atoms with Gasteiger partial charge in [-0.2, -0.15) is 0 Å². The molecule has 5 rings (SSSR count). The zero-order chi connectivity index (χ0) is 25.2. The van der Waals surface area contributed by atoms with Gasteiger partial charge in [-0.05, 0) is 34.9 Å². The van der Waals surface area contributed by atoms with Gasteiger partial charge in [-0.1, -0.05) is 48.5 Å². The zero-order valence-corrected chi connectivity index (χ0v) is 20.9. The number of esters is 1. The van der Waals surface area contributed by atoms with Crippen molar-refractivity contribution < 1.29 is 23.7 Å². The van der Waals surface area contributed by atoms with Crippen molar-refractivity contribution in [3.8, 4) is 17.2 Å². The normalized spacial score (nSPS) is 17.4. The van der Waals surface area contributed by atoms with Gasteiger partial charge in [0.25, 0.3) is 0 Å². The van der Waals surface area contributed by atoms with E-state index in [-0.39, 0.29) is 12.0 Å². The van der Waals surface area contributed by atoms with Crippen LogP contribution in [0.15, 0.2) is 66.7 Å². The first-order chi connectivity index (χ1) is 17.6. The van der Waals surface area contributed by atoms with E-state index in [1.807, 2.05) is 42.5 Å². The minimum atomic E-state index is -0.481. The third-order valence-corrected chi connectivity index (χ3v) is 6.93. The quantitative estimate of drug-likeness (QED) is 0.375. The first-order valence-corrected chi connectivity index (χ1v) is 11.9. The van der Waals surface area contributed by atoms with E-state index in [1.165, 1.54) is 7.11 Å². The molecule has 0 fully saturated rings. The van der Waals surface area contributed by atoms with Crippen molar-refractivity contribution in [1.29, 1.82) is 0 Å². The fraction of sp³-hybridized carbons (Fsp3) is 0.276. The average molecular weight is 487 g/mol. The molecule has 1 aliphatic rings. The van der Waals surface area contributed by atoms with E-state index in [2.05, 4.69) is 34.1 Å². The zero-order valence-electron chi connectivity index (χ0n) is 20.9. The summed E-state index contributed by atoms with van der Waals surface area (Å²) in [4.78, 5) is 19.1. The molecule has 2 atom stereocenters. The van der Waals surface area contributed by atoms with Crippen LogP contribution < -0.4 is 14.2 Å². The number of nitrogens with zero attached hydrogens (tertiary/aromatic N) is 1. The Morgan fingerprint density at radius 1 is 0.917 bits per heavy atom. The van der Waals surface area contributed by atoms with Crippen LogP contribution in [0.1, 0.15) is 28.4 Å². The minimum Gasteiger partial charge on any atom is -0.493 e. The highest BCUT2D eigenvalue weighted by Gasteiger charge is 2.42. The van der Waals surface area contributed by atoms with E-state index in [0.29, 0.717) is 30.2 Å². The van der Waals surface area contributed by atoms with E-state index >= 15 is 0 Å². The first kappa shape index (κ1) is 23.8. The van der Waals surface area contributed by atoms with Gasteiger partial charge in [0, 0.05) is 29.6 Å². The second kappa shape index (κ2) is 9.95. The molecule has 36 heavy (non-hydrogen) atoms. The van der Waals surface area contributed by atoms with Gasteiger partial charge in [-0.3, -0.25) is 9.69 Å². The fourth-order valence-electron chi connectivity index (χ4n) is 5.30. The number of carbonyl (C=O) groups is 1. The number of nitrogens with one attached hydrogen (secondary N) is 1. The second-order valence-corrected chi connectivity index (χ2v) is 8.83. The van der Waals surface area contributed by atoms with Crippen LogP contribution >= 0.6 is 0 Å². The van der Waals surface area contributed by atoms with E-state index in [0.717, 1.165) is 33.3 Å². The molecule has 0 aliphatic carbocycles. The molecule has 7 heteroatoms. The summed E-state index contributed by atoms with van der Waals surface area (Å²) in [6.45, 7) is 0.552. The highest BCUT2D eigenvalue weighted by Crippen LogP contribution is 2.46. The molecule has 0 radical (unpaired) electrons. The first-order valence-electron chi connectivity index (χ1n) is 11.9. The molecular weight excluding hydrogens is 456 g/mol. The van der Waals surface area contributed by atoms with Gasteiger partial charge in [-0.15, -0.1) is 0 Å². The Morgan fingerprint density at radius 2 is 1.58 bits per heavy atom. The Balaban J connectivity index is 1.76. The number of aromatic nitrogens is 1. The lowest BCUT2D eigenvalue weighted by Crippen LogP contribution is -2.48. The largest absolute Gasteiger partial charge is 0.493 e. The van der Waals surface area contributed by atoms with Gasteiger partial charge in [0.2, 0.25) is 5.75 Å². The maximum absolute atomic E-state index is 13.2. The van der Waals surface area contributed by atoms with Crippen LogP contribution in [0, 0.1) is 0 Å². The lowest BCUT2D eigenvalue weighted by Gasteiger charge is -2.41. The summed E-state index contributed by atoms with van der Waals surface area (Å²) in [6, 6.07) is 21.5. The Morgan fingerprint density at radius 3 is 2.22 bits per heavy atom. The Hall–Kier alpha value is -3.97. The maximum Gasteiger partial charge on any atom is 0.323 e. The Bertz CT molecular complexity index is 1360. The number of ether oxygens (including phenoxy) is 4. The summed E-state index contributed by atoms with van der Waals surface area (Å²) < 4.78 is 22.2. The molecule has 0 saturated heterocycles. The van der Waals surface area contributed by atoms with Crippen molar-refractivity contribution in [2.75, 3.05) is 28.4 Å². The molecule has 0 unspecified atom stereocenters. The summed E-state index contributed by atoms with van der Waals surface area (Å²) in [5.41, 5.74) is 5.21. The highest BCUT2D eigenvalue weighted by molar-refractivity contribution is 5.87. The second-order valence-electron chi connectivity index (χ2n) is 8.83. The van der Waals surface area contributed by atoms with E-state index < -0.39 is 6.04 Å². The van der Waals surface area contributed by atoms with Crippen LogP contribution in [-0.2, 0) is 22.5 Å². The van der Waals surface area contributed by atoms with Crippen molar-refractivity contribution in [3.05, 3.63) is 89.1 Å². The van der Waals surface area contributed by atoms with E-state index in [9.17, 15) is 4.79 Å². The third kappa shape index (κ3) is 4.05. The van der Waals surface area contributed by atoms with Crippen LogP contribution in [0.25, 0.3) is 10.9 Å². The van der Waals surface area contributed by atoms with E-state index in [1.54, 1.807) is 21.3 Å². The molecule has 0 bridgehead atoms. The molecule has 1 aliphatic heterocycles. The number of hydrogen-bond acceptors (Lipinski definition) is 6. The number of carbonyl (C=O) groups excluding carboxylic acids is 1. The molecule has 0 amide bonds. The number of benzene rings is 3. The molecule has 7 nitrogen and oxygen atoms in total. The van der Waals surface area contributed by atoms with Crippen molar-refractivity contribution in [1.82, 2.24) is 9.88 Å².